The van der Waals surface area contributed by atoms with Gasteiger partial charge in [0.25, 0.3) is 0 Å². The molecule has 6 nitrogen and oxygen atoms in total. The fourth-order valence-electron chi connectivity index (χ4n) is 3.67. The van der Waals surface area contributed by atoms with Gasteiger partial charge in [0, 0.05) is 20.1 Å². The maximum atomic E-state index is 12.1. The van der Waals surface area contributed by atoms with E-state index in [9.17, 15) is 4.79 Å². The zero-order chi connectivity index (χ0) is 19.1. The molecule has 2 aromatic rings. The summed E-state index contributed by atoms with van der Waals surface area (Å²) in [5, 5.41) is 2.94. The quantitative estimate of drug-likeness (QED) is 0.726. The molecule has 0 saturated carbocycles. The molecule has 0 aromatic carbocycles. The van der Waals surface area contributed by atoms with Gasteiger partial charge in [-0.1, -0.05) is 0 Å². The van der Waals surface area contributed by atoms with Crippen LogP contribution < -0.4 is 5.32 Å². The summed E-state index contributed by atoms with van der Waals surface area (Å²) < 4.78 is 16.4. The van der Waals surface area contributed by atoms with E-state index in [1.54, 1.807) is 7.11 Å². The number of aryl methyl sites for hydroxylation is 1. The Morgan fingerprint density at radius 1 is 1.22 bits per heavy atom. The van der Waals surface area contributed by atoms with Gasteiger partial charge in [-0.05, 0) is 62.9 Å². The zero-order valence-electron chi connectivity index (χ0n) is 16.3. The molecule has 1 amide bonds. The van der Waals surface area contributed by atoms with Crippen LogP contribution >= 0.6 is 0 Å². The maximum Gasteiger partial charge on any atom is 0.220 e. The van der Waals surface area contributed by atoms with E-state index in [-0.39, 0.29) is 5.91 Å². The molecule has 27 heavy (non-hydrogen) atoms. The van der Waals surface area contributed by atoms with Gasteiger partial charge in [0.05, 0.1) is 13.1 Å². The normalized spacial score (nSPS) is 17.9. The minimum Gasteiger partial charge on any atom is -0.465 e. The Morgan fingerprint density at radius 3 is 2.81 bits per heavy atom. The molecule has 0 unspecified atom stereocenters. The molecule has 6 heteroatoms. The molecule has 2 aromatic heterocycles. The van der Waals surface area contributed by atoms with Crippen molar-refractivity contribution in [1.82, 2.24) is 10.2 Å². The van der Waals surface area contributed by atoms with Crippen molar-refractivity contribution in [3.05, 3.63) is 47.3 Å². The molecule has 0 aliphatic carbocycles. The number of nitrogens with zero attached hydrogens (tertiary/aromatic N) is 1. The molecule has 1 fully saturated rings. The van der Waals surface area contributed by atoms with Crippen LogP contribution in [0.3, 0.4) is 0 Å². The molecule has 0 spiro atoms. The van der Waals surface area contributed by atoms with Crippen LogP contribution in [-0.2, 0) is 29.2 Å². The number of amides is 1. The summed E-state index contributed by atoms with van der Waals surface area (Å²) in [4.78, 5) is 14.5. The van der Waals surface area contributed by atoms with Gasteiger partial charge in [-0.15, -0.1) is 0 Å². The van der Waals surface area contributed by atoms with E-state index in [4.69, 9.17) is 13.6 Å². The highest BCUT2D eigenvalue weighted by Gasteiger charge is 2.21. The number of hydrogen-bond acceptors (Lipinski definition) is 5. The van der Waals surface area contributed by atoms with E-state index in [1.807, 2.05) is 31.2 Å². The minimum absolute atomic E-state index is 0.0939. The van der Waals surface area contributed by atoms with E-state index >= 15 is 0 Å². The van der Waals surface area contributed by atoms with Gasteiger partial charge < -0.3 is 18.9 Å². The largest absolute Gasteiger partial charge is 0.465 e. The monoisotopic (exact) mass is 374 g/mol. The number of rotatable bonds is 9. The van der Waals surface area contributed by atoms with Crippen molar-refractivity contribution in [1.29, 1.82) is 0 Å². The lowest BCUT2D eigenvalue weighted by Gasteiger charge is -2.32. The number of methoxy groups -OCH3 is 1. The van der Waals surface area contributed by atoms with Crippen LogP contribution in [0.4, 0.5) is 0 Å². The molecule has 1 aliphatic heterocycles. The van der Waals surface area contributed by atoms with E-state index < -0.39 is 0 Å². The fourth-order valence-corrected chi connectivity index (χ4v) is 3.67. The van der Waals surface area contributed by atoms with Crippen LogP contribution in [0.15, 0.2) is 33.1 Å². The van der Waals surface area contributed by atoms with Gasteiger partial charge in [-0.25, -0.2) is 0 Å². The molecule has 1 atom stereocenters. The Morgan fingerprint density at radius 2 is 2.04 bits per heavy atom. The summed E-state index contributed by atoms with van der Waals surface area (Å²) in [5.41, 5.74) is 0. The van der Waals surface area contributed by atoms with Gasteiger partial charge in [0.2, 0.25) is 5.91 Å². The van der Waals surface area contributed by atoms with Crippen LogP contribution in [0.2, 0.25) is 0 Å². The number of hydrogen-bond donors (Lipinski definition) is 1. The first-order chi connectivity index (χ1) is 13.1. The van der Waals surface area contributed by atoms with E-state index in [1.165, 1.54) is 12.8 Å². The number of piperidine rings is 1. The van der Waals surface area contributed by atoms with Crippen LogP contribution in [0.5, 0.6) is 0 Å². The van der Waals surface area contributed by atoms with Gasteiger partial charge in [-0.3, -0.25) is 9.69 Å². The minimum atomic E-state index is 0.0939. The summed E-state index contributed by atoms with van der Waals surface area (Å²) in [6, 6.07) is 7.82. The van der Waals surface area contributed by atoms with Gasteiger partial charge in [0.1, 0.15) is 29.6 Å². The Bertz CT molecular complexity index is 721. The third-order valence-electron chi connectivity index (χ3n) is 5.02. The average molecular weight is 374 g/mol. The fraction of sp³-hybridized carbons (Fsp3) is 0.571. The second-order valence-electron chi connectivity index (χ2n) is 7.37. The summed E-state index contributed by atoms with van der Waals surface area (Å²) in [6.07, 6.45) is 3.85. The van der Waals surface area contributed by atoms with E-state index in [0.29, 0.717) is 25.5 Å². The second kappa shape index (κ2) is 9.76. The van der Waals surface area contributed by atoms with Crippen molar-refractivity contribution in [2.75, 3.05) is 20.2 Å². The number of carbonyl (C=O) groups excluding carboxylic acids is 1. The smallest absolute Gasteiger partial charge is 0.220 e. The Labute approximate surface area is 160 Å². The van der Waals surface area contributed by atoms with Crippen LogP contribution in [0.1, 0.15) is 48.7 Å². The van der Waals surface area contributed by atoms with Crippen molar-refractivity contribution in [3.63, 3.8) is 0 Å². The van der Waals surface area contributed by atoms with Gasteiger partial charge in [-0.2, -0.15) is 0 Å². The Hall–Kier alpha value is -2.05. The molecule has 1 aliphatic rings. The van der Waals surface area contributed by atoms with Crippen molar-refractivity contribution in [2.24, 2.45) is 5.92 Å². The molecular weight excluding hydrogens is 344 g/mol. The summed E-state index contributed by atoms with van der Waals surface area (Å²) in [6.45, 7) is 5.80. The number of likely N-dealkylation sites (tertiary alicyclic amines) is 1. The SMILES string of the molecule is COCc1ccc(CN2CCC[C@@H](CCC(=O)NCc3ccc(C)o3)C2)o1. The van der Waals surface area contributed by atoms with Crippen LogP contribution in [-0.4, -0.2) is 31.0 Å². The lowest BCUT2D eigenvalue weighted by molar-refractivity contribution is -0.121. The number of ether oxygens (including phenoxy) is 1. The van der Waals surface area contributed by atoms with Crippen LogP contribution in [0.25, 0.3) is 0 Å². The number of carbonyl (C=O) groups is 1. The predicted molar refractivity (Wildman–Crippen MR) is 102 cm³/mol. The van der Waals surface area contributed by atoms with Crippen molar-refractivity contribution < 1.29 is 18.4 Å². The predicted octanol–water partition coefficient (Wildman–Crippen LogP) is 3.64. The van der Waals surface area contributed by atoms with E-state index in [0.717, 1.165) is 49.1 Å². The number of nitrogens with one attached hydrogen (secondary N) is 1. The van der Waals surface area contributed by atoms with Crippen LogP contribution in [0, 0.1) is 12.8 Å². The molecule has 148 valence electrons. The molecule has 0 bridgehead atoms. The highest BCUT2D eigenvalue weighted by atomic mass is 16.5. The average Bonchev–Trinajstić information content (AvgIpc) is 3.28. The van der Waals surface area contributed by atoms with Gasteiger partial charge in [0.15, 0.2) is 0 Å². The highest BCUT2D eigenvalue weighted by Crippen LogP contribution is 2.23. The first-order valence-corrected chi connectivity index (χ1v) is 9.73. The summed E-state index contributed by atoms with van der Waals surface area (Å²) in [7, 11) is 1.67. The lowest BCUT2D eigenvalue weighted by atomic mass is 9.93. The second-order valence-corrected chi connectivity index (χ2v) is 7.37. The summed E-state index contributed by atoms with van der Waals surface area (Å²) in [5.74, 6) is 4.17. The molecule has 0 radical (unpaired) electrons. The Balaban J connectivity index is 1.37. The molecule has 3 heterocycles. The lowest BCUT2D eigenvalue weighted by Crippen LogP contribution is -2.35. The first-order valence-electron chi connectivity index (χ1n) is 9.73. The molecule has 1 N–H and O–H groups in total. The third kappa shape index (κ3) is 6.26. The summed E-state index contributed by atoms with van der Waals surface area (Å²) >= 11 is 0. The Kier molecular flexibility index (Phi) is 7.12. The number of furan rings is 2. The maximum absolute atomic E-state index is 12.1. The zero-order valence-corrected chi connectivity index (χ0v) is 16.3. The standard InChI is InChI=1S/C21H30N2O4/c1-16-5-7-18(26-16)12-22-21(24)10-6-17-4-3-11-23(13-17)14-19-8-9-20(27-19)15-25-2/h5,7-9,17H,3-4,6,10-15H2,1-2H3,(H,22,24)/t17-/m0/s1. The topological polar surface area (TPSA) is 67.8 Å². The third-order valence-corrected chi connectivity index (χ3v) is 5.02. The molecule has 3 rings (SSSR count). The van der Waals surface area contributed by atoms with Crippen molar-refractivity contribution in [2.45, 2.75) is 52.3 Å². The first kappa shape index (κ1) is 19.7. The van der Waals surface area contributed by atoms with Gasteiger partial charge >= 0.3 is 0 Å². The van der Waals surface area contributed by atoms with E-state index in [2.05, 4.69) is 10.2 Å². The highest BCUT2D eigenvalue weighted by molar-refractivity contribution is 5.75. The molecule has 1 saturated heterocycles. The van der Waals surface area contributed by atoms with Crippen molar-refractivity contribution in [3.8, 4) is 0 Å². The molecular formula is C21H30N2O4. The van der Waals surface area contributed by atoms with Crippen molar-refractivity contribution >= 4 is 5.91 Å².